The fraction of sp³-hybridized carbons (Fsp3) is 0.353. The van der Waals surface area contributed by atoms with Gasteiger partial charge in [0.05, 0.1) is 23.8 Å². The van der Waals surface area contributed by atoms with Crippen LogP contribution in [0.1, 0.15) is 18.3 Å². The topological polar surface area (TPSA) is 106 Å². The Labute approximate surface area is 150 Å². The van der Waals surface area contributed by atoms with E-state index in [1.165, 1.54) is 12.1 Å². The molecule has 1 saturated heterocycles. The number of aromatic nitrogens is 2. The molecule has 1 aliphatic rings. The molecule has 0 saturated carbocycles. The lowest BCUT2D eigenvalue weighted by molar-refractivity contribution is -0.384. The van der Waals surface area contributed by atoms with Crippen molar-refractivity contribution in [2.45, 2.75) is 13.8 Å². The minimum atomic E-state index is -0.425. The molecule has 26 heavy (non-hydrogen) atoms. The highest BCUT2D eigenvalue weighted by atomic mass is 16.6. The number of morpholine rings is 1. The first-order chi connectivity index (χ1) is 12.5. The van der Waals surface area contributed by atoms with Crippen molar-refractivity contribution in [1.82, 2.24) is 9.97 Å². The summed E-state index contributed by atoms with van der Waals surface area (Å²) in [7, 11) is 0. The van der Waals surface area contributed by atoms with E-state index >= 15 is 0 Å². The molecule has 1 N–H and O–H groups in total. The summed E-state index contributed by atoms with van der Waals surface area (Å²) < 4.78 is 5.37. The Morgan fingerprint density at radius 1 is 1.27 bits per heavy atom. The fourth-order valence-corrected chi connectivity index (χ4v) is 2.59. The van der Waals surface area contributed by atoms with Crippen LogP contribution in [-0.2, 0) is 4.74 Å². The lowest BCUT2D eigenvalue weighted by atomic mass is 10.1. The Morgan fingerprint density at radius 3 is 2.62 bits per heavy atom. The van der Waals surface area contributed by atoms with Crippen molar-refractivity contribution in [2.75, 3.05) is 36.6 Å². The molecule has 0 unspecified atom stereocenters. The number of nitrogens with zero attached hydrogens (tertiary/aromatic N) is 5. The third kappa shape index (κ3) is 4.31. The summed E-state index contributed by atoms with van der Waals surface area (Å²) in [5.74, 6) is 2.09. The van der Waals surface area contributed by atoms with Crippen molar-refractivity contribution >= 4 is 23.0 Å². The average molecular weight is 356 g/mol. The van der Waals surface area contributed by atoms with E-state index in [0.29, 0.717) is 30.6 Å². The van der Waals surface area contributed by atoms with E-state index in [1.807, 2.05) is 19.9 Å². The lowest BCUT2D eigenvalue weighted by Gasteiger charge is -2.28. The van der Waals surface area contributed by atoms with Gasteiger partial charge in [-0.3, -0.25) is 15.5 Å². The van der Waals surface area contributed by atoms with E-state index in [0.717, 1.165) is 24.5 Å². The molecule has 0 atom stereocenters. The molecular formula is C17H20N6O3. The number of nitro groups is 1. The van der Waals surface area contributed by atoms with Crippen molar-refractivity contribution < 1.29 is 9.66 Å². The Kier molecular flexibility index (Phi) is 5.37. The van der Waals surface area contributed by atoms with Crippen LogP contribution < -0.4 is 10.3 Å². The fourth-order valence-electron chi connectivity index (χ4n) is 2.59. The van der Waals surface area contributed by atoms with Gasteiger partial charge >= 0.3 is 0 Å². The zero-order chi connectivity index (χ0) is 18.5. The third-order valence-corrected chi connectivity index (χ3v) is 3.99. The Morgan fingerprint density at radius 2 is 1.96 bits per heavy atom. The second-order valence-electron chi connectivity index (χ2n) is 5.87. The molecule has 0 spiro atoms. The average Bonchev–Trinajstić information content (AvgIpc) is 2.66. The summed E-state index contributed by atoms with van der Waals surface area (Å²) in [6.45, 7) is 6.61. The normalized spacial score (nSPS) is 15.0. The Bertz CT molecular complexity index is 816. The smallest absolute Gasteiger partial charge is 0.269 e. The molecule has 0 aliphatic carbocycles. The van der Waals surface area contributed by atoms with E-state index in [2.05, 4.69) is 25.4 Å². The van der Waals surface area contributed by atoms with Crippen LogP contribution in [0.2, 0.25) is 0 Å². The number of anilines is 2. The molecule has 1 aromatic heterocycles. The maximum absolute atomic E-state index is 10.7. The first-order valence-corrected chi connectivity index (χ1v) is 8.26. The first kappa shape index (κ1) is 17.7. The third-order valence-electron chi connectivity index (χ3n) is 3.99. The standard InChI is InChI=1S/C17H20N6O3/c1-12(14-3-5-15(6-4-14)23(24)25)20-21-16-11-17(19-13(2)18-16)22-7-9-26-10-8-22/h3-6,11H,7-10H2,1-2H3,(H,18,19,21). The van der Waals surface area contributed by atoms with Gasteiger partial charge in [-0.1, -0.05) is 0 Å². The lowest BCUT2D eigenvalue weighted by Crippen LogP contribution is -2.36. The Hall–Kier alpha value is -3.07. The molecule has 9 nitrogen and oxygen atoms in total. The van der Waals surface area contributed by atoms with Crippen molar-refractivity contribution in [3.8, 4) is 0 Å². The molecule has 136 valence electrons. The van der Waals surface area contributed by atoms with Gasteiger partial charge in [0, 0.05) is 31.3 Å². The summed E-state index contributed by atoms with van der Waals surface area (Å²) in [5.41, 5.74) is 4.49. The predicted octanol–water partition coefficient (Wildman–Crippen LogP) is 2.37. The highest BCUT2D eigenvalue weighted by Crippen LogP contribution is 2.18. The molecule has 0 bridgehead atoms. The van der Waals surface area contributed by atoms with Gasteiger partial charge in [0.1, 0.15) is 11.6 Å². The van der Waals surface area contributed by atoms with Crippen LogP contribution in [0.15, 0.2) is 35.4 Å². The molecule has 1 aliphatic heterocycles. The molecule has 2 aromatic rings. The monoisotopic (exact) mass is 356 g/mol. The summed E-state index contributed by atoms with van der Waals surface area (Å²) in [4.78, 5) is 21.3. The number of hydrogen-bond donors (Lipinski definition) is 1. The van der Waals surface area contributed by atoms with Gasteiger partial charge in [0.2, 0.25) is 0 Å². The van der Waals surface area contributed by atoms with E-state index in [-0.39, 0.29) is 5.69 Å². The molecule has 0 amide bonds. The largest absolute Gasteiger partial charge is 0.378 e. The molecule has 3 rings (SSSR count). The van der Waals surface area contributed by atoms with Gasteiger partial charge in [0.15, 0.2) is 5.82 Å². The van der Waals surface area contributed by atoms with Crippen LogP contribution >= 0.6 is 0 Å². The number of rotatable bonds is 5. The SMILES string of the molecule is CC(=NNc1cc(N2CCOCC2)nc(C)n1)c1ccc([N+](=O)[O-])cc1. The highest BCUT2D eigenvalue weighted by Gasteiger charge is 2.14. The van der Waals surface area contributed by atoms with Crippen molar-refractivity contribution in [3.05, 3.63) is 51.8 Å². The zero-order valence-electron chi connectivity index (χ0n) is 14.7. The number of aryl methyl sites for hydroxylation is 1. The highest BCUT2D eigenvalue weighted by molar-refractivity contribution is 5.99. The second-order valence-corrected chi connectivity index (χ2v) is 5.87. The van der Waals surface area contributed by atoms with E-state index in [9.17, 15) is 10.1 Å². The number of ether oxygens (including phenoxy) is 1. The van der Waals surface area contributed by atoms with Gasteiger partial charge in [-0.05, 0) is 31.5 Å². The van der Waals surface area contributed by atoms with Crippen LogP contribution in [0.5, 0.6) is 0 Å². The second kappa shape index (κ2) is 7.87. The van der Waals surface area contributed by atoms with Crippen LogP contribution in [0.3, 0.4) is 0 Å². The quantitative estimate of drug-likeness (QED) is 0.498. The summed E-state index contributed by atoms with van der Waals surface area (Å²) in [6.07, 6.45) is 0. The zero-order valence-corrected chi connectivity index (χ0v) is 14.7. The van der Waals surface area contributed by atoms with Crippen LogP contribution in [-0.4, -0.2) is 46.9 Å². The van der Waals surface area contributed by atoms with Crippen molar-refractivity contribution in [1.29, 1.82) is 0 Å². The molecular weight excluding hydrogens is 336 g/mol. The van der Waals surface area contributed by atoms with Gasteiger partial charge in [-0.2, -0.15) is 5.10 Å². The molecule has 0 radical (unpaired) electrons. The van der Waals surface area contributed by atoms with Crippen LogP contribution in [0, 0.1) is 17.0 Å². The number of nitro benzene ring substituents is 1. The maximum Gasteiger partial charge on any atom is 0.269 e. The van der Waals surface area contributed by atoms with Gasteiger partial charge in [0.25, 0.3) is 5.69 Å². The van der Waals surface area contributed by atoms with Gasteiger partial charge in [-0.25, -0.2) is 9.97 Å². The minimum absolute atomic E-state index is 0.0519. The number of nitrogens with one attached hydrogen (secondary N) is 1. The van der Waals surface area contributed by atoms with E-state index in [4.69, 9.17) is 4.74 Å². The van der Waals surface area contributed by atoms with Crippen molar-refractivity contribution in [3.63, 3.8) is 0 Å². The summed E-state index contributed by atoms with van der Waals surface area (Å²) in [6, 6.07) is 8.11. The van der Waals surface area contributed by atoms with Crippen LogP contribution in [0.25, 0.3) is 0 Å². The van der Waals surface area contributed by atoms with Crippen molar-refractivity contribution in [2.24, 2.45) is 5.10 Å². The van der Waals surface area contributed by atoms with Gasteiger partial charge < -0.3 is 9.64 Å². The van der Waals surface area contributed by atoms with E-state index < -0.39 is 4.92 Å². The summed E-state index contributed by atoms with van der Waals surface area (Å²) >= 11 is 0. The number of non-ortho nitro benzene ring substituents is 1. The number of hydrazone groups is 1. The van der Waals surface area contributed by atoms with Gasteiger partial charge in [-0.15, -0.1) is 0 Å². The molecule has 9 heteroatoms. The minimum Gasteiger partial charge on any atom is -0.378 e. The van der Waals surface area contributed by atoms with E-state index in [1.54, 1.807) is 12.1 Å². The number of hydrogen-bond acceptors (Lipinski definition) is 8. The molecule has 1 fully saturated rings. The van der Waals surface area contributed by atoms with Crippen LogP contribution in [0.4, 0.5) is 17.3 Å². The number of benzene rings is 1. The summed E-state index contributed by atoms with van der Waals surface area (Å²) in [5, 5.41) is 15.1. The predicted molar refractivity (Wildman–Crippen MR) is 98.7 cm³/mol. The first-order valence-electron chi connectivity index (χ1n) is 8.26. The molecule has 2 heterocycles. The maximum atomic E-state index is 10.7. The molecule has 1 aromatic carbocycles. The Balaban J connectivity index is 1.74.